The number of nitrogens with one attached hydrogen (secondary N) is 2. The topological polar surface area (TPSA) is 72.5 Å². The van der Waals surface area contributed by atoms with Crippen LogP contribution in [0.5, 0.6) is 5.75 Å². The maximum Gasteiger partial charge on any atom is 0.245 e. The second-order valence-corrected chi connectivity index (χ2v) is 6.39. The number of morpholine rings is 1. The van der Waals surface area contributed by atoms with Crippen molar-refractivity contribution < 1.29 is 14.3 Å². The number of benzene rings is 1. The summed E-state index contributed by atoms with van der Waals surface area (Å²) in [5.74, 6) is 0.855. The van der Waals surface area contributed by atoms with E-state index < -0.39 is 0 Å². The molecule has 1 aromatic carbocycles. The van der Waals surface area contributed by atoms with Gasteiger partial charge in [-0.1, -0.05) is 0 Å². The molecule has 0 spiro atoms. The van der Waals surface area contributed by atoms with Gasteiger partial charge in [-0.05, 0) is 23.8 Å². The molecule has 2 aromatic rings. The van der Waals surface area contributed by atoms with Gasteiger partial charge >= 0.3 is 0 Å². The summed E-state index contributed by atoms with van der Waals surface area (Å²) in [6.07, 6.45) is 0.935. The van der Waals surface area contributed by atoms with Crippen molar-refractivity contribution >= 4 is 22.4 Å². The van der Waals surface area contributed by atoms with Crippen LogP contribution in [0.1, 0.15) is 5.56 Å². The summed E-state index contributed by atoms with van der Waals surface area (Å²) in [7, 11) is 0. The minimum atomic E-state index is -0.312. The number of aromatic nitrogens is 1. The van der Waals surface area contributed by atoms with Crippen molar-refractivity contribution in [3.8, 4) is 17.0 Å². The number of rotatable bonds is 3. The summed E-state index contributed by atoms with van der Waals surface area (Å²) in [6, 6.07) is 5.78. The molecular weight excluding hydrogens is 314 g/mol. The number of nitrogens with zero attached hydrogens (tertiary/aromatic N) is 1. The number of carbonyl (C=O) groups is 1. The van der Waals surface area contributed by atoms with E-state index in [0.717, 1.165) is 30.0 Å². The Balaban J connectivity index is 1.47. The van der Waals surface area contributed by atoms with E-state index in [1.165, 1.54) is 16.9 Å². The Bertz CT molecular complexity index is 725. The van der Waals surface area contributed by atoms with Gasteiger partial charge in [0, 0.05) is 23.9 Å². The standard InChI is InChI=1S/C16H17N3O3S/c20-15(12-8-21-6-4-17-12)19-16-18-13(9-23-16)10-1-2-14-11(7-10)3-5-22-14/h1-2,7,9,12,17H,3-6,8H2,(H,18,19,20). The van der Waals surface area contributed by atoms with E-state index in [1.807, 2.05) is 17.5 Å². The van der Waals surface area contributed by atoms with Gasteiger partial charge in [0.2, 0.25) is 5.91 Å². The number of carbonyl (C=O) groups excluding carboxylic acids is 1. The lowest BCUT2D eigenvalue weighted by molar-refractivity contribution is -0.120. The summed E-state index contributed by atoms with van der Waals surface area (Å²) < 4.78 is 10.8. The fraction of sp³-hybridized carbons (Fsp3) is 0.375. The van der Waals surface area contributed by atoms with Crippen molar-refractivity contribution in [1.82, 2.24) is 10.3 Å². The van der Waals surface area contributed by atoms with Gasteiger partial charge in [0.15, 0.2) is 5.13 Å². The normalized spacial score (nSPS) is 19.9. The van der Waals surface area contributed by atoms with Crippen LogP contribution in [-0.2, 0) is 16.0 Å². The molecule has 0 aliphatic carbocycles. The third-order valence-corrected chi connectivity index (χ3v) is 4.72. The van der Waals surface area contributed by atoms with Crippen LogP contribution in [0.25, 0.3) is 11.3 Å². The van der Waals surface area contributed by atoms with Crippen molar-refractivity contribution in [3.05, 3.63) is 29.1 Å². The molecule has 6 nitrogen and oxygen atoms in total. The molecule has 1 fully saturated rings. The first kappa shape index (κ1) is 14.6. The van der Waals surface area contributed by atoms with Crippen LogP contribution in [0.2, 0.25) is 0 Å². The molecule has 3 heterocycles. The summed E-state index contributed by atoms with van der Waals surface area (Å²) in [4.78, 5) is 16.7. The van der Waals surface area contributed by atoms with Crippen molar-refractivity contribution in [2.45, 2.75) is 12.5 Å². The van der Waals surface area contributed by atoms with Gasteiger partial charge in [0.25, 0.3) is 0 Å². The molecule has 2 aliphatic heterocycles. The highest BCUT2D eigenvalue weighted by Crippen LogP contribution is 2.31. The van der Waals surface area contributed by atoms with Gasteiger partial charge in [0.05, 0.1) is 25.5 Å². The summed E-state index contributed by atoms with van der Waals surface area (Å²) >= 11 is 1.43. The first-order valence-corrected chi connectivity index (χ1v) is 8.51. The third-order valence-electron chi connectivity index (χ3n) is 3.96. The largest absolute Gasteiger partial charge is 0.493 e. The molecule has 1 aromatic heterocycles. The maximum atomic E-state index is 12.2. The van der Waals surface area contributed by atoms with Gasteiger partial charge in [-0.25, -0.2) is 4.98 Å². The Morgan fingerprint density at radius 3 is 3.22 bits per heavy atom. The van der Waals surface area contributed by atoms with Crippen LogP contribution in [-0.4, -0.2) is 43.3 Å². The van der Waals surface area contributed by atoms with Gasteiger partial charge in [-0.3, -0.25) is 4.79 Å². The molecule has 7 heteroatoms. The molecule has 0 saturated carbocycles. The molecule has 4 rings (SSSR count). The van der Waals surface area contributed by atoms with E-state index in [2.05, 4.69) is 21.7 Å². The van der Waals surface area contributed by atoms with Crippen LogP contribution in [0.3, 0.4) is 0 Å². The van der Waals surface area contributed by atoms with E-state index in [4.69, 9.17) is 9.47 Å². The number of amides is 1. The summed E-state index contributed by atoms with van der Waals surface area (Å²) in [6.45, 7) is 2.48. The third kappa shape index (κ3) is 3.08. The fourth-order valence-electron chi connectivity index (χ4n) is 2.74. The van der Waals surface area contributed by atoms with Gasteiger partial charge in [-0.2, -0.15) is 0 Å². The predicted octanol–water partition coefficient (Wildman–Crippen LogP) is 1.67. The van der Waals surface area contributed by atoms with E-state index in [0.29, 0.717) is 24.9 Å². The SMILES string of the molecule is O=C(Nc1nc(-c2ccc3c(c2)CCO3)cs1)C1COCCN1. The smallest absolute Gasteiger partial charge is 0.245 e. The summed E-state index contributed by atoms with van der Waals surface area (Å²) in [5.41, 5.74) is 3.13. The lowest BCUT2D eigenvalue weighted by Crippen LogP contribution is -2.48. The quantitative estimate of drug-likeness (QED) is 0.895. The number of anilines is 1. The Kier molecular flexibility index (Phi) is 3.99. The zero-order chi connectivity index (χ0) is 15.6. The molecule has 120 valence electrons. The highest BCUT2D eigenvalue weighted by molar-refractivity contribution is 7.14. The molecule has 1 saturated heterocycles. The highest BCUT2D eigenvalue weighted by Gasteiger charge is 2.22. The van der Waals surface area contributed by atoms with Crippen molar-refractivity contribution in [2.24, 2.45) is 0 Å². The zero-order valence-corrected chi connectivity index (χ0v) is 13.3. The molecule has 2 N–H and O–H groups in total. The predicted molar refractivity (Wildman–Crippen MR) is 88.0 cm³/mol. The molecule has 0 bridgehead atoms. The van der Waals surface area contributed by atoms with Crippen LogP contribution < -0.4 is 15.4 Å². The Morgan fingerprint density at radius 2 is 2.35 bits per heavy atom. The molecule has 23 heavy (non-hydrogen) atoms. The van der Waals surface area contributed by atoms with Crippen LogP contribution >= 0.6 is 11.3 Å². The average molecular weight is 331 g/mol. The van der Waals surface area contributed by atoms with Crippen molar-refractivity contribution in [3.63, 3.8) is 0 Å². The van der Waals surface area contributed by atoms with E-state index in [-0.39, 0.29) is 11.9 Å². The van der Waals surface area contributed by atoms with Gasteiger partial charge < -0.3 is 20.1 Å². The first-order chi connectivity index (χ1) is 11.3. The number of thiazole rings is 1. The monoisotopic (exact) mass is 331 g/mol. The number of ether oxygens (including phenoxy) is 2. The second-order valence-electron chi connectivity index (χ2n) is 5.53. The lowest BCUT2D eigenvalue weighted by Gasteiger charge is -2.22. The molecule has 1 amide bonds. The van der Waals surface area contributed by atoms with Crippen molar-refractivity contribution in [1.29, 1.82) is 0 Å². The zero-order valence-electron chi connectivity index (χ0n) is 12.5. The molecule has 1 unspecified atom stereocenters. The maximum absolute atomic E-state index is 12.2. The molecular formula is C16H17N3O3S. The first-order valence-electron chi connectivity index (χ1n) is 7.63. The Hall–Kier alpha value is -1.96. The van der Waals surface area contributed by atoms with E-state index in [9.17, 15) is 4.79 Å². The van der Waals surface area contributed by atoms with Crippen LogP contribution in [0, 0.1) is 0 Å². The summed E-state index contributed by atoms with van der Waals surface area (Å²) in [5, 5.41) is 8.55. The highest BCUT2D eigenvalue weighted by atomic mass is 32.1. The fourth-order valence-corrected chi connectivity index (χ4v) is 3.46. The van der Waals surface area contributed by atoms with Crippen LogP contribution in [0.15, 0.2) is 23.6 Å². The Morgan fingerprint density at radius 1 is 1.39 bits per heavy atom. The minimum absolute atomic E-state index is 0.104. The molecule has 0 radical (unpaired) electrons. The van der Waals surface area contributed by atoms with E-state index >= 15 is 0 Å². The number of hydrogen-bond donors (Lipinski definition) is 2. The van der Waals surface area contributed by atoms with E-state index in [1.54, 1.807) is 0 Å². The molecule has 1 atom stereocenters. The number of fused-ring (bicyclic) bond motifs is 1. The lowest BCUT2D eigenvalue weighted by atomic mass is 10.1. The van der Waals surface area contributed by atoms with Gasteiger partial charge in [0.1, 0.15) is 11.8 Å². The Labute approximate surface area is 137 Å². The van der Waals surface area contributed by atoms with Gasteiger partial charge in [-0.15, -0.1) is 11.3 Å². The molecule has 2 aliphatic rings. The van der Waals surface area contributed by atoms with Crippen LogP contribution in [0.4, 0.5) is 5.13 Å². The number of hydrogen-bond acceptors (Lipinski definition) is 6. The second kappa shape index (κ2) is 6.27. The minimum Gasteiger partial charge on any atom is -0.493 e. The average Bonchev–Trinajstić information content (AvgIpc) is 3.23. The van der Waals surface area contributed by atoms with Crippen molar-refractivity contribution in [2.75, 3.05) is 31.7 Å².